The first-order chi connectivity index (χ1) is 8.30. The quantitative estimate of drug-likeness (QED) is 0.854. The van der Waals surface area contributed by atoms with Crippen LogP contribution in [0.15, 0.2) is 6.07 Å². The number of halogens is 3. The fourth-order valence-electron chi connectivity index (χ4n) is 1.88. The number of carboxylic acid groups (broad SMARTS) is 1. The van der Waals surface area contributed by atoms with E-state index in [9.17, 15) is 22.8 Å². The van der Waals surface area contributed by atoms with Gasteiger partial charge in [0.25, 0.3) is 0 Å². The van der Waals surface area contributed by atoms with E-state index in [1.807, 2.05) is 0 Å². The third-order valence-electron chi connectivity index (χ3n) is 2.69. The second-order valence-electron chi connectivity index (χ2n) is 3.90. The molecule has 0 aromatic carbocycles. The van der Waals surface area contributed by atoms with Crippen LogP contribution in [-0.2, 0) is 11.0 Å². The number of nitrogens with zero attached hydrogens (tertiary/aromatic N) is 1. The molecule has 1 aromatic rings. The van der Waals surface area contributed by atoms with E-state index in [2.05, 4.69) is 4.98 Å². The predicted molar refractivity (Wildman–Crippen MR) is 54.3 cm³/mol. The zero-order chi connectivity index (χ0) is 13.5. The van der Waals surface area contributed by atoms with Crippen molar-refractivity contribution in [3.05, 3.63) is 17.3 Å². The van der Waals surface area contributed by atoms with Crippen LogP contribution in [0.4, 0.5) is 19.0 Å². The molecule has 1 fully saturated rings. The molecule has 5 nitrogen and oxygen atoms in total. The monoisotopic (exact) mass is 262 g/mol. The third kappa shape index (κ3) is 2.05. The molecule has 8 heteroatoms. The third-order valence-corrected chi connectivity index (χ3v) is 2.69. The lowest BCUT2D eigenvalue weighted by molar-refractivity contribution is -0.138. The van der Waals surface area contributed by atoms with Crippen LogP contribution in [0.25, 0.3) is 0 Å². The summed E-state index contributed by atoms with van der Waals surface area (Å²) in [4.78, 5) is 25.4. The Balaban J connectivity index is 2.46. The number of aromatic amines is 1. The van der Waals surface area contributed by atoms with E-state index in [0.717, 1.165) is 4.90 Å². The molecule has 2 N–H and O–H groups in total. The molecule has 1 aromatic heterocycles. The van der Waals surface area contributed by atoms with Gasteiger partial charge in [0.05, 0.1) is 5.56 Å². The molecular formula is C10H9F3N2O3. The van der Waals surface area contributed by atoms with Crippen molar-refractivity contribution in [2.24, 2.45) is 0 Å². The average Bonchev–Trinajstić information content (AvgIpc) is 2.81. The Bertz CT molecular complexity index is 507. The zero-order valence-electron chi connectivity index (χ0n) is 9.04. The highest BCUT2D eigenvalue weighted by molar-refractivity contribution is 5.96. The first kappa shape index (κ1) is 12.5. The maximum atomic E-state index is 12.6. The number of carbonyl (C=O) groups excluding carboxylic acids is 1. The Hall–Kier alpha value is -1.99. The number of nitrogens with one attached hydrogen (secondary N) is 1. The van der Waals surface area contributed by atoms with Gasteiger partial charge in [-0.2, -0.15) is 13.2 Å². The SMILES string of the molecule is O=C(O)c1[nH]c(N2CCCC2=O)cc1C(F)(F)F. The number of H-pyrrole nitrogens is 1. The van der Waals surface area contributed by atoms with Crippen molar-refractivity contribution in [3.8, 4) is 0 Å². The first-order valence-electron chi connectivity index (χ1n) is 5.14. The number of aromatic carboxylic acids is 1. The minimum Gasteiger partial charge on any atom is -0.477 e. The Morgan fingerprint density at radius 3 is 2.50 bits per heavy atom. The molecule has 1 saturated heterocycles. The van der Waals surface area contributed by atoms with Gasteiger partial charge < -0.3 is 10.1 Å². The molecule has 0 radical (unpaired) electrons. The van der Waals surface area contributed by atoms with Gasteiger partial charge in [-0.3, -0.25) is 9.69 Å². The van der Waals surface area contributed by atoms with Gasteiger partial charge in [-0.15, -0.1) is 0 Å². The van der Waals surface area contributed by atoms with Gasteiger partial charge in [-0.05, 0) is 12.5 Å². The number of carboxylic acids is 1. The minimum absolute atomic E-state index is 0.123. The number of aromatic nitrogens is 1. The van der Waals surface area contributed by atoms with E-state index >= 15 is 0 Å². The van der Waals surface area contributed by atoms with Crippen molar-refractivity contribution >= 4 is 17.7 Å². The number of hydrogen-bond donors (Lipinski definition) is 2. The molecule has 0 atom stereocenters. The number of hydrogen-bond acceptors (Lipinski definition) is 2. The van der Waals surface area contributed by atoms with Crippen molar-refractivity contribution in [3.63, 3.8) is 0 Å². The van der Waals surface area contributed by atoms with Gasteiger partial charge in [-0.1, -0.05) is 0 Å². The number of rotatable bonds is 2. The van der Waals surface area contributed by atoms with Crippen LogP contribution < -0.4 is 4.90 Å². The number of alkyl halides is 3. The molecule has 18 heavy (non-hydrogen) atoms. The van der Waals surface area contributed by atoms with E-state index < -0.39 is 23.4 Å². The smallest absolute Gasteiger partial charge is 0.418 e. The number of carbonyl (C=O) groups is 2. The summed E-state index contributed by atoms with van der Waals surface area (Å²) in [5, 5.41) is 8.72. The summed E-state index contributed by atoms with van der Waals surface area (Å²) in [7, 11) is 0. The highest BCUT2D eigenvalue weighted by Gasteiger charge is 2.38. The lowest BCUT2D eigenvalue weighted by atomic mass is 10.2. The Kier molecular flexibility index (Phi) is 2.80. The molecule has 0 spiro atoms. The van der Waals surface area contributed by atoms with Crippen molar-refractivity contribution in [1.82, 2.24) is 4.98 Å². The molecule has 0 aliphatic carbocycles. The summed E-state index contributed by atoms with van der Waals surface area (Å²) >= 11 is 0. The Morgan fingerprint density at radius 1 is 1.44 bits per heavy atom. The van der Waals surface area contributed by atoms with Gasteiger partial charge in [-0.25, -0.2) is 4.79 Å². The predicted octanol–water partition coefficient (Wildman–Crippen LogP) is 1.86. The van der Waals surface area contributed by atoms with Crippen LogP contribution >= 0.6 is 0 Å². The van der Waals surface area contributed by atoms with Crippen LogP contribution in [0, 0.1) is 0 Å². The molecule has 1 aliphatic heterocycles. The fraction of sp³-hybridized carbons (Fsp3) is 0.400. The van der Waals surface area contributed by atoms with Crippen LogP contribution in [0.3, 0.4) is 0 Å². The molecule has 1 aliphatic rings. The topological polar surface area (TPSA) is 73.4 Å². The summed E-state index contributed by atoms with van der Waals surface area (Å²) in [5.41, 5.74) is -2.22. The first-order valence-corrected chi connectivity index (χ1v) is 5.14. The maximum absolute atomic E-state index is 12.6. The van der Waals surface area contributed by atoms with E-state index in [1.54, 1.807) is 0 Å². The zero-order valence-corrected chi connectivity index (χ0v) is 9.04. The largest absolute Gasteiger partial charge is 0.477 e. The van der Waals surface area contributed by atoms with Gasteiger partial charge in [0.15, 0.2) is 0 Å². The summed E-state index contributed by atoms with van der Waals surface area (Å²) in [6.07, 6.45) is -3.98. The normalized spacial score (nSPS) is 16.4. The summed E-state index contributed by atoms with van der Waals surface area (Å²) in [6.45, 7) is 0.287. The fourth-order valence-corrected chi connectivity index (χ4v) is 1.88. The van der Waals surface area contributed by atoms with Gasteiger partial charge in [0.2, 0.25) is 5.91 Å². The van der Waals surface area contributed by atoms with Crippen molar-refractivity contribution in [1.29, 1.82) is 0 Å². The van der Waals surface area contributed by atoms with Crippen LogP contribution in [0.2, 0.25) is 0 Å². The Morgan fingerprint density at radius 2 is 2.11 bits per heavy atom. The van der Waals surface area contributed by atoms with Gasteiger partial charge >= 0.3 is 12.1 Å². The van der Waals surface area contributed by atoms with Crippen molar-refractivity contribution < 1.29 is 27.9 Å². The van der Waals surface area contributed by atoms with E-state index in [-0.39, 0.29) is 24.7 Å². The standard InChI is InChI=1S/C10H9F3N2O3/c11-10(12,13)5-4-6(14-8(5)9(17)18)15-3-1-2-7(15)16/h4,14H,1-3H2,(H,17,18). The van der Waals surface area contributed by atoms with E-state index in [4.69, 9.17) is 5.11 Å². The van der Waals surface area contributed by atoms with Crippen LogP contribution in [-0.4, -0.2) is 28.5 Å². The molecule has 0 bridgehead atoms. The van der Waals surface area contributed by atoms with Crippen molar-refractivity contribution in [2.75, 3.05) is 11.4 Å². The molecular weight excluding hydrogens is 253 g/mol. The average molecular weight is 262 g/mol. The minimum atomic E-state index is -4.77. The van der Waals surface area contributed by atoms with E-state index in [1.165, 1.54) is 0 Å². The van der Waals surface area contributed by atoms with Crippen LogP contribution in [0.5, 0.6) is 0 Å². The number of amides is 1. The maximum Gasteiger partial charge on any atom is 0.418 e. The van der Waals surface area contributed by atoms with Crippen molar-refractivity contribution in [2.45, 2.75) is 19.0 Å². The summed E-state index contributed by atoms with van der Waals surface area (Å²) in [5.74, 6) is -2.15. The van der Waals surface area contributed by atoms with Gasteiger partial charge in [0.1, 0.15) is 11.5 Å². The van der Waals surface area contributed by atoms with E-state index in [0.29, 0.717) is 12.5 Å². The Labute approximate surface area is 99.2 Å². The molecule has 2 heterocycles. The summed E-state index contributed by atoms with van der Waals surface area (Å²) in [6, 6.07) is 0.659. The highest BCUT2D eigenvalue weighted by Crippen LogP contribution is 2.35. The molecule has 0 unspecified atom stereocenters. The summed E-state index contributed by atoms with van der Waals surface area (Å²) < 4.78 is 37.9. The molecule has 0 saturated carbocycles. The number of anilines is 1. The molecule has 1 amide bonds. The van der Waals surface area contributed by atoms with Crippen LogP contribution in [0.1, 0.15) is 28.9 Å². The second-order valence-corrected chi connectivity index (χ2v) is 3.90. The molecule has 2 rings (SSSR count). The second kappa shape index (κ2) is 4.04. The lowest BCUT2D eigenvalue weighted by Gasteiger charge is -2.12. The van der Waals surface area contributed by atoms with Gasteiger partial charge in [0, 0.05) is 13.0 Å². The molecule has 98 valence electrons. The highest BCUT2D eigenvalue weighted by atomic mass is 19.4. The lowest BCUT2D eigenvalue weighted by Crippen LogP contribution is -2.24.